The molecular weight excluding hydrogens is 296 g/mol. The maximum atomic E-state index is 8.38. The Kier molecular flexibility index (Phi) is 4.30. The second-order valence-electron chi connectivity index (χ2n) is 5.00. The highest BCUT2D eigenvalue weighted by molar-refractivity contribution is 6.29. The second kappa shape index (κ2) is 6.54. The molecule has 3 aromatic rings. The van der Waals surface area contributed by atoms with Gasteiger partial charge in [0.05, 0.1) is 6.54 Å². The molecule has 0 bridgehead atoms. The fourth-order valence-corrected chi connectivity index (χ4v) is 2.38. The fraction of sp³-hybridized carbons (Fsp3) is 0.118. The van der Waals surface area contributed by atoms with E-state index in [4.69, 9.17) is 17.0 Å². The van der Waals surface area contributed by atoms with Gasteiger partial charge in [-0.25, -0.2) is 4.98 Å². The number of nitrogens with zero attached hydrogens (tertiary/aromatic N) is 3. The summed E-state index contributed by atoms with van der Waals surface area (Å²) < 4.78 is 1.89. The molecule has 0 spiro atoms. The maximum Gasteiger partial charge on any atom is 0.129 e. The van der Waals surface area contributed by atoms with Crippen LogP contribution in [-0.4, -0.2) is 14.5 Å². The van der Waals surface area contributed by atoms with Gasteiger partial charge in [0.1, 0.15) is 10.6 Å². The molecule has 0 radical (unpaired) electrons. The van der Waals surface area contributed by atoms with Gasteiger partial charge in [-0.3, -0.25) is 10.4 Å². The first-order valence-electron chi connectivity index (χ1n) is 6.95. The van der Waals surface area contributed by atoms with Crippen LogP contribution >= 0.6 is 11.6 Å². The minimum absolute atomic E-state index is 0.476. The van der Waals surface area contributed by atoms with Crippen LogP contribution in [0.5, 0.6) is 0 Å². The number of hydrogen-bond donors (Lipinski definition) is 1. The molecule has 0 aliphatic rings. The summed E-state index contributed by atoms with van der Waals surface area (Å²) >= 11 is 5.80. The van der Waals surface area contributed by atoms with Crippen LogP contribution in [-0.2, 0) is 13.0 Å². The molecule has 4 nitrogen and oxygen atoms in total. The molecule has 5 heteroatoms. The Morgan fingerprint density at radius 1 is 1.05 bits per heavy atom. The summed E-state index contributed by atoms with van der Waals surface area (Å²) in [5.41, 5.74) is 3.41. The Balaban J connectivity index is 1.86. The van der Waals surface area contributed by atoms with E-state index in [1.165, 1.54) is 0 Å². The van der Waals surface area contributed by atoms with Crippen LogP contribution in [0.4, 0.5) is 0 Å². The van der Waals surface area contributed by atoms with Crippen molar-refractivity contribution in [1.82, 2.24) is 14.5 Å². The van der Waals surface area contributed by atoms with Crippen LogP contribution < -0.4 is 5.49 Å². The van der Waals surface area contributed by atoms with Crippen LogP contribution in [0.15, 0.2) is 61.1 Å². The van der Waals surface area contributed by atoms with Crippen LogP contribution in [0.3, 0.4) is 0 Å². The normalized spacial score (nSPS) is 10.6. The molecule has 22 heavy (non-hydrogen) atoms. The lowest BCUT2D eigenvalue weighted by atomic mass is 10.1. The zero-order chi connectivity index (χ0) is 15.4. The molecule has 0 saturated carbocycles. The van der Waals surface area contributed by atoms with Crippen LogP contribution in [0.1, 0.15) is 16.8 Å². The zero-order valence-electron chi connectivity index (χ0n) is 11.9. The number of hydrogen-bond acceptors (Lipinski definition) is 3. The molecule has 0 aromatic carbocycles. The van der Waals surface area contributed by atoms with E-state index in [1.54, 1.807) is 18.5 Å². The van der Waals surface area contributed by atoms with Crippen molar-refractivity contribution >= 4 is 11.6 Å². The summed E-state index contributed by atoms with van der Waals surface area (Å²) in [6, 6.07) is 13.4. The van der Waals surface area contributed by atoms with E-state index in [2.05, 4.69) is 9.97 Å². The second-order valence-corrected chi connectivity index (χ2v) is 5.38. The SMILES string of the molecule is N=c1c(Cc2ccccn2)cccn1Cc1ccc(Cl)nc1. The number of aromatic nitrogens is 3. The summed E-state index contributed by atoms with van der Waals surface area (Å²) in [7, 11) is 0. The predicted octanol–water partition coefficient (Wildman–Crippen LogP) is 3.05. The average Bonchev–Trinajstić information content (AvgIpc) is 2.54. The van der Waals surface area contributed by atoms with Gasteiger partial charge in [-0.05, 0) is 29.8 Å². The lowest BCUT2D eigenvalue weighted by Crippen LogP contribution is -2.24. The quantitative estimate of drug-likeness (QED) is 0.753. The van der Waals surface area contributed by atoms with Gasteiger partial charge in [0.2, 0.25) is 0 Å². The maximum absolute atomic E-state index is 8.38. The topological polar surface area (TPSA) is 54.6 Å². The molecule has 3 heterocycles. The molecular formula is C17H15ClN4. The summed E-state index contributed by atoms with van der Waals surface area (Å²) in [6.45, 7) is 0.596. The first kappa shape index (κ1) is 14.5. The van der Waals surface area contributed by atoms with Crippen molar-refractivity contribution in [1.29, 1.82) is 5.41 Å². The number of nitrogens with one attached hydrogen (secondary N) is 1. The average molecular weight is 311 g/mol. The minimum atomic E-state index is 0.476. The summed E-state index contributed by atoms with van der Waals surface area (Å²) in [5, 5.41) is 8.85. The highest BCUT2D eigenvalue weighted by Crippen LogP contribution is 2.07. The highest BCUT2D eigenvalue weighted by atomic mass is 35.5. The molecule has 0 fully saturated rings. The fourth-order valence-electron chi connectivity index (χ4n) is 2.27. The van der Waals surface area contributed by atoms with Crippen molar-refractivity contribution in [3.05, 3.63) is 88.5 Å². The number of halogens is 1. The number of pyridine rings is 3. The van der Waals surface area contributed by atoms with Gasteiger partial charge < -0.3 is 4.57 Å². The molecule has 3 rings (SSSR count). The van der Waals surface area contributed by atoms with E-state index in [0.717, 1.165) is 16.8 Å². The van der Waals surface area contributed by atoms with E-state index in [1.807, 2.05) is 47.2 Å². The zero-order valence-corrected chi connectivity index (χ0v) is 12.7. The van der Waals surface area contributed by atoms with E-state index in [-0.39, 0.29) is 0 Å². The highest BCUT2D eigenvalue weighted by Gasteiger charge is 2.03. The number of rotatable bonds is 4. The Labute approximate surface area is 133 Å². The molecule has 0 unspecified atom stereocenters. The van der Waals surface area contributed by atoms with Crippen molar-refractivity contribution in [2.24, 2.45) is 0 Å². The van der Waals surface area contributed by atoms with Gasteiger partial charge in [0.15, 0.2) is 0 Å². The first-order valence-corrected chi connectivity index (χ1v) is 7.33. The Hall–Kier alpha value is -2.46. The van der Waals surface area contributed by atoms with Crippen molar-refractivity contribution in [3.8, 4) is 0 Å². The van der Waals surface area contributed by atoms with Crippen LogP contribution in [0.2, 0.25) is 5.15 Å². The lowest BCUT2D eigenvalue weighted by molar-refractivity contribution is 0.715. The summed E-state index contributed by atoms with van der Waals surface area (Å²) in [6.07, 6.45) is 6.06. The Morgan fingerprint density at radius 3 is 2.68 bits per heavy atom. The molecule has 0 aliphatic carbocycles. The third kappa shape index (κ3) is 3.40. The standard InChI is InChI=1S/C17H15ClN4/c18-16-7-6-13(11-21-16)12-22-9-3-4-14(17(22)19)10-15-5-1-2-8-20-15/h1-9,11,19H,10,12H2. The van der Waals surface area contributed by atoms with Gasteiger partial charge in [-0.2, -0.15) is 0 Å². The third-order valence-corrected chi connectivity index (χ3v) is 3.62. The van der Waals surface area contributed by atoms with Crippen molar-refractivity contribution in [3.63, 3.8) is 0 Å². The van der Waals surface area contributed by atoms with E-state index >= 15 is 0 Å². The molecule has 0 atom stereocenters. The van der Waals surface area contributed by atoms with Crippen LogP contribution in [0, 0.1) is 5.41 Å². The smallest absolute Gasteiger partial charge is 0.129 e. The van der Waals surface area contributed by atoms with Gasteiger partial charge in [-0.1, -0.05) is 29.8 Å². The summed E-state index contributed by atoms with van der Waals surface area (Å²) in [5.74, 6) is 0. The van der Waals surface area contributed by atoms with Crippen molar-refractivity contribution in [2.75, 3.05) is 0 Å². The van der Waals surface area contributed by atoms with Gasteiger partial charge in [0, 0.05) is 36.3 Å². The van der Waals surface area contributed by atoms with Crippen LogP contribution in [0.25, 0.3) is 0 Å². The third-order valence-electron chi connectivity index (χ3n) is 3.39. The molecule has 1 N–H and O–H groups in total. The lowest BCUT2D eigenvalue weighted by Gasteiger charge is -2.10. The molecule has 110 valence electrons. The van der Waals surface area contributed by atoms with Gasteiger partial charge in [-0.15, -0.1) is 0 Å². The minimum Gasteiger partial charge on any atom is -0.329 e. The van der Waals surface area contributed by atoms with Crippen molar-refractivity contribution < 1.29 is 0 Å². The molecule has 0 aliphatic heterocycles. The predicted molar refractivity (Wildman–Crippen MR) is 85.7 cm³/mol. The summed E-state index contributed by atoms with van der Waals surface area (Å²) in [4.78, 5) is 8.40. The molecule has 3 aromatic heterocycles. The Bertz CT molecular complexity index is 810. The Morgan fingerprint density at radius 2 is 1.95 bits per heavy atom. The monoisotopic (exact) mass is 310 g/mol. The van der Waals surface area contributed by atoms with Gasteiger partial charge in [0.25, 0.3) is 0 Å². The molecule has 0 amide bonds. The van der Waals surface area contributed by atoms with Gasteiger partial charge >= 0.3 is 0 Å². The first-order chi connectivity index (χ1) is 10.7. The van der Waals surface area contributed by atoms with E-state index in [0.29, 0.717) is 23.6 Å². The largest absolute Gasteiger partial charge is 0.329 e. The van der Waals surface area contributed by atoms with E-state index < -0.39 is 0 Å². The van der Waals surface area contributed by atoms with Crippen molar-refractivity contribution in [2.45, 2.75) is 13.0 Å². The van der Waals surface area contributed by atoms with E-state index in [9.17, 15) is 0 Å². The molecule has 0 saturated heterocycles.